The molecule has 3 rings (SSSR count). The van der Waals surface area contributed by atoms with E-state index in [1.165, 1.54) is 17.5 Å². The van der Waals surface area contributed by atoms with Gasteiger partial charge in [0, 0.05) is 11.1 Å². The molecule has 0 saturated carbocycles. The molecule has 0 aliphatic carbocycles. The Morgan fingerprint density at radius 3 is 2.40 bits per heavy atom. The zero-order valence-electron chi connectivity index (χ0n) is 13.3. The second kappa shape index (κ2) is 7.04. The first-order valence-corrected chi connectivity index (χ1v) is 9.72. The van der Waals surface area contributed by atoms with E-state index in [1.54, 1.807) is 30.3 Å². The molecule has 0 saturated heterocycles. The minimum absolute atomic E-state index is 0.135. The van der Waals surface area contributed by atoms with Crippen molar-refractivity contribution < 1.29 is 13.2 Å². The van der Waals surface area contributed by atoms with Gasteiger partial charge in [0.1, 0.15) is 5.69 Å². The molecule has 6 nitrogen and oxygen atoms in total. The highest BCUT2D eigenvalue weighted by Crippen LogP contribution is 2.21. The summed E-state index contributed by atoms with van der Waals surface area (Å²) in [5.41, 5.74) is 1.88. The third-order valence-corrected chi connectivity index (χ3v) is 5.56. The molecule has 128 valence electrons. The van der Waals surface area contributed by atoms with Crippen LogP contribution in [-0.2, 0) is 10.0 Å². The lowest BCUT2D eigenvalue weighted by Gasteiger charge is -2.05. The Bertz CT molecular complexity index is 981. The summed E-state index contributed by atoms with van der Waals surface area (Å²) in [5.74, 6) is -0.398. The third kappa shape index (κ3) is 4.23. The molecule has 0 aliphatic heterocycles. The van der Waals surface area contributed by atoms with E-state index in [4.69, 9.17) is 0 Å². The number of benzene rings is 2. The Kier molecular flexibility index (Phi) is 4.82. The van der Waals surface area contributed by atoms with Crippen molar-refractivity contribution in [3.63, 3.8) is 0 Å². The van der Waals surface area contributed by atoms with Gasteiger partial charge in [0.25, 0.3) is 15.9 Å². The van der Waals surface area contributed by atoms with Crippen molar-refractivity contribution >= 4 is 38.1 Å². The fourth-order valence-corrected chi connectivity index (χ4v) is 3.99. The average molecular weight is 373 g/mol. The Morgan fingerprint density at radius 2 is 1.72 bits per heavy atom. The number of sulfonamides is 1. The maximum atomic E-state index is 12.3. The fraction of sp³-hybridized carbons (Fsp3) is 0.0588. The topological polar surface area (TPSA) is 88.2 Å². The smallest absolute Gasteiger partial charge is 0.275 e. The van der Waals surface area contributed by atoms with Crippen LogP contribution in [0.1, 0.15) is 16.1 Å². The Morgan fingerprint density at radius 1 is 1.04 bits per heavy atom. The van der Waals surface area contributed by atoms with Gasteiger partial charge in [0.2, 0.25) is 0 Å². The predicted octanol–water partition coefficient (Wildman–Crippen LogP) is 3.50. The number of carbonyl (C=O) groups is 1. The van der Waals surface area contributed by atoms with E-state index in [2.05, 4.69) is 15.0 Å². The summed E-state index contributed by atoms with van der Waals surface area (Å²) >= 11 is 1.05. The first-order chi connectivity index (χ1) is 11.9. The lowest BCUT2D eigenvalue weighted by Crippen LogP contribution is -2.14. The number of hydrogen-bond donors (Lipinski definition) is 2. The first kappa shape index (κ1) is 17.1. The van der Waals surface area contributed by atoms with Gasteiger partial charge in [-0.05, 0) is 31.2 Å². The number of aromatic nitrogens is 1. The Labute approximate surface area is 149 Å². The average Bonchev–Trinajstić information content (AvgIpc) is 3.06. The second-order valence-corrected chi connectivity index (χ2v) is 7.82. The van der Waals surface area contributed by atoms with E-state index >= 15 is 0 Å². The molecule has 1 amide bonds. The number of aryl methyl sites for hydroxylation is 1. The molecule has 1 aromatic heterocycles. The molecule has 0 spiro atoms. The summed E-state index contributed by atoms with van der Waals surface area (Å²) in [5, 5.41) is 4.36. The molecule has 0 radical (unpaired) electrons. The largest absolute Gasteiger partial charge is 0.321 e. The van der Waals surface area contributed by atoms with Gasteiger partial charge in [-0.3, -0.25) is 9.52 Å². The van der Waals surface area contributed by atoms with E-state index in [-0.39, 0.29) is 15.7 Å². The zero-order chi connectivity index (χ0) is 17.9. The number of anilines is 2. The quantitative estimate of drug-likeness (QED) is 0.716. The monoisotopic (exact) mass is 373 g/mol. The van der Waals surface area contributed by atoms with Gasteiger partial charge in [-0.1, -0.05) is 35.9 Å². The molecule has 8 heteroatoms. The lowest BCUT2D eigenvalue weighted by molar-refractivity contribution is 0.102. The molecular formula is C17H15N3O3S2. The molecule has 1 heterocycles. The van der Waals surface area contributed by atoms with Gasteiger partial charge in [0.05, 0.1) is 4.90 Å². The fourth-order valence-electron chi connectivity index (χ4n) is 2.03. The molecule has 2 N–H and O–H groups in total. The van der Waals surface area contributed by atoms with Gasteiger partial charge in [-0.15, -0.1) is 11.3 Å². The van der Waals surface area contributed by atoms with Crippen LogP contribution in [0.4, 0.5) is 10.8 Å². The molecule has 0 aliphatic rings. The number of carbonyl (C=O) groups excluding carboxylic acids is 1. The molecule has 0 atom stereocenters. The number of nitrogens with one attached hydrogen (secondary N) is 2. The van der Waals surface area contributed by atoms with Crippen LogP contribution >= 0.6 is 11.3 Å². The lowest BCUT2D eigenvalue weighted by atomic mass is 10.2. The van der Waals surface area contributed by atoms with E-state index in [0.29, 0.717) is 5.69 Å². The van der Waals surface area contributed by atoms with E-state index in [0.717, 1.165) is 16.9 Å². The van der Waals surface area contributed by atoms with Crippen LogP contribution in [-0.4, -0.2) is 19.3 Å². The summed E-state index contributed by atoms with van der Waals surface area (Å²) in [6.07, 6.45) is 0. The van der Waals surface area contributed by atoms with Crippen LogP contribution in [0.25, 0.3) is 0 Å². The molecular weight excluding hydrogens is 358 g/mol. The van der Waals surface area contributed by atoms with E-state index in [1.807, 2.05) is 19.1 Å². The first-order valence-electron chi connectivity index (χ1n) is 7.35. The number of nitrogens with zero attached hydrogens (tertiary/aromatic N) is 1. The maximum absolute atomic E-state index is 12.3. The van der Waals surface area contributed by atoms with Crippen molar-refractivity contribution in [1.82, 2.24) is 4.98 Å². The summed E-state index contributed by atoms with van der Waals surface area (Å²) in [6.45, 7) is 1.96. The summed E-state index contributed by atoms with van der Waals surface area (Å²) < 4.78 is 26.9. The second-order valence-electron chi connectivity index (χ2n) is 5.28. The summed E-state index contributed by atoms with van der Waals surface area (Å²) in [7, 11) is -3.72. The van der Waals surface area contributed by atoms with Crippen LogP contribution in [0.15, 0.2) is 64.9 Å². The molecule has 0 unspecified atom stereocenters. The van der Waals surface area contributed by atoms with Crippen LogP contribution in [0, 0.1) is 6.92 Å². The predicted molar refractivity (Wildman–Crippen MR) is 98.5 cm³/mol. The van der Waals surface area contributed by atoms with Crippen LogP contribution in [0.5, 0.6) is 0 Å². The highest BCUT2D eigenvalue weighted by Gasteiger charge is 2.17. The van der Waals surface area contributed by atoms with Crippen molar-refractivity contribution in [2.24, 2.45) is 0 Å². The van der Waals surface area contributed by atoms with Crippen LogP contribution in [0.3, 0.4) is 0 Å². The maximum Gasteiger partial charge on any atom is 0.275 e. The summed E-state index contributed by atoms with van der Waals surface area (Å²) in [4.78, 5) is 16.4. The molecule has 0 bridgehead atoms. The normalized spacial score (nSPS) is 11.1. The molecule has 25 heavy (non-hydrogen) atoms. The number of rotatable bonds is 5. The van der Waals surface area contributed by atoms with Gasteiger partial charge in [-0.2, -0.15) is 0 Å². The minimum atomic E-state index is -3.72. The van der Waals surface area contributed by atoms with Gasteiger partial charge in [-0.25, -0.2) is 13.4 Å². The number of hydrogen-bond acceptors (Lipinski definition) is 5. The van der Waals surface area contributed by atoms with Gasteiger partial charge < -0.3 is 5.32 Å². The minimum Gasteiger partial charge on any atom is -0.321 e. The number of amides is 1. The van der Waals surface area contributed by atoms with Gasteiger partial charge >= 0.3 is 0 Å². The summed E-state index contributed by atoms with van der Waals surface area (Å²) in [6, 6.07) is 15.3. The van der Waals surface area contributed by atoms with Crippen molar-refractivity contribution in [2.75, 3.05) is 10.0 Å². The molecule has 2 aromatic carbocycles. The Balaban J connectivity index is 1.72. The van der Waals surface area contributed by atoms with Crippen molar-refractivity contribution in [2.45, 2.75) is 11.8 Å². The van der Waals surface area contributed by atoms with Crippen LogP contribution in [0.2, 0.25) is 0 Å². The molecule has 3 aromatic rings. The van der Waals surface area contributed by atoms with Crippen molar-refractivity contribution in [3.05, 3.63) is 71.2 Å². The highest BCUT2D eigenvalue weighted by atomic mass is 32.2. The van der Waals surface area contributed by atoms with Crippen molar-refractivity contribution in [3.8, 4) is 0 Å². The molecule has 0 fully saturated rings. The van der Waals surface area contributed by atoms with Crippen molar-refractivity contribution in [1.29, 1.82) is 0 Å². The standard InChI is InChI=1S/C17H15N3O3S2/c1-12-7-9-13(10-8-12)18-16(21)15-11-24-17(19-15)20-25(22,23)14-5-3-2-4-6-14/h2-11H,1H3,(H,18,21)(H,19,20). The Hall–Kier alpha value is -2.71. The van der Waals surface area contributed by atoms with Crippen LogP contribution < -0.4 is 10.0 Å². The zero-order valence-corrected chi connectivity index (χ0v) is 14.9. The third-order valence-electron chi connectivity index (χ3n) is 3.32. The number of thiazole rings is 1. The SMILES string of the molecule is Cc1ccc(NC(=O)c2csc(NS(=O)(=O)c3ccccc3)n2)cc1. The van der Waals surface area contributed by atoms with E-state index in [9.17, 15) is 13.2 Å². The van der Waals surface area contributed by atoms with E-state index < -0.39 is 15.9 Å². The highest BCUT2D eigenvalue weighted by molar-refractivity contribution is 7.93. The van der Waals surface area contributed by atoms with Gasteiger partial charge in [0.15, 0.2) is 5.13 Å².